The third-order valence-electron chi connectivity index (χ3n) is 4.42. The lowest BCUT2D eigenvalue weighted by atomic mass is 10.1. The second-order valence-electron chi connectivity index (χ2n) is 6.14. The van der Waals surface area contributed by atoms with E-state index in [1.807, 2.05) is 36.2 Å². The van der Waals surface area contributed by atoms with Gasteiger partial charge in [0, 0.05) is 38.0 Å². The molecule has 1 saturated heterocycles. The molecule has 0 saturated carbocycles. The molecule has 1 atom stereocenters. The van der Waals surface area contributed by atoms with Crippen LogP contribution in [0.3, 0.4) is 0 Å². The predicted octanol–water partition coefficient (Wildman–Crippen LogP) is 3.25. The zero-order valence-electron chi connectivity index (χ0n) is 14.5. The van der Waals surface area contributed by atoms with Gasteiger partial charge in [-0.2, -0.15) is 0 Å². The van der Waals surface area contributed by atoms with E-state index in [2.05, 4.69) is 17.2 Å². The zero-order valence-corrected chi connectivity index (χ0v) is 16.2. The highest BCUT2D eigenvalue weighted by atomic mass is 35.5. The van der Waals surface area contributed by atoms with Gasteiger partial charge in [0.2, 0.25) is 5.91 Å². The first-order valence-corrected chi connectivity index (χ1v) is 8.11. The lowest BCUT2D eigenvalue weighted by Gasteiger charge is -2.23. The van der Waals surface area contributed by atoms with Gasteiger partial charge in [-0.1, -0.05) is 29.8 Å². The average Bonchev–Trinajstić information content (AvgIpc) is 3.24. The Morgan fingerprint density at radius 3 is 2.68 bits per heavy atom. The van der Waals surface area contributed by atoms with E-state index in [9.17, 15) is 4.79 Å². The Labute approximate surface area is 161 Å². The standard InChI is InChI=1S/C18H23N3O2.2ClH/c1-13-3-5-14(6-4-13)16-12-20-17(23-16)7-8-18(22)21(2)15-9-10-19-11-15;;/h3-6,12,15,19H,7-11H2,1-2H3;2*1H. The number of hydrogen-bond donors (Lipinski definition) is 1. The minimum absolute atomic E-state index is 0. The first-order chi connectivity index (χ1) is 11.1. The molecule has 7 heteroatoms. The van der Waals surface area contributed by atoms with Crippen molar-refractivity contribution >= 4 is 30.7 Å². The van der Waals surface area contributed by atoms with Crippen molar-refractivity contribution in [3.05, 3.63) is 41.9 Å². The van der Waals surface area contributed by atoms with Crippen LogP contribution in [-0.4, -0.2) is 42.0 Å². The van der Waals surface area contributed by atoms with Crippen LogP contribution in [0.15, 0.2) is 34.9 Å². The first-order valence-electron chi connectivity index (χ1n) is 8.11. The zero-order chi connectivity index (χ0) is 16.2. The molecule has 3 rings (SSSR count). The van der Waals surface area contributed by atoms with Crippen LogP contribution in [0.4, 0.5) is 0 Å². The van der Waals surface area contributed by atoms with Crippen molar-refractivity contribution in [2.45, 2.75) is 32.2 Å². The Morgan fingerprint density at radius 2 is 2.04 bits per heavy atom. The molecule has 2 heterocycles. The van der Waals surface area contributed by atoms with E-state index < -0.39 is 0 Å². The van der Waals surface area contributed by atoms with Gasteiger partial charge in [-0.25, -0.2) is 4.98 Å². The fraction of sp³-hybridized carbons (Fsp3) is 0.444. The van der Waals surface area contributed by atoms with E-state index >= 15 is 0 Å². The molecule has 1 amide bonds. The van der Waals surface area contributed by atoms with E-state index in [0.29, 0.717) is 24.8 Å². The van der Waals surface area contributed by atoms with Crippen LogP contribution >= 0.6 is 24.8 Å². The smallest absolute Gasteiger partial charge is 0.223 e. The molecule has 0 spiro atoms. The number of halogens is 2. The number of rotatable bonds is 5. The van der Waals surface area contributed by atoms with Crippen molar-refractivity contribution in [1.29, 1.82) is 0 Å². The molecule has 5 nitrogen and oxygen atoms in total. The molecule has 2 aromatic rings. The number of aromatic nitrogens is 1. The normalized spacial score (nSPS) is 16.0. The van der Waals surface area contributed by atoms with E-state index in [1.54, 1.807) is 6.20 Å². The van der Waals surface area contributed by atoms with Crippen molar-refractivity contribution in [3.63, 3.8) is 0 Å². The molecule has 1 aromatic heterocycles. The Bertz CT molecular complexity index is 667. The van der Waals surface area contributed by atoms with Crippen molar-refractivity contribution < 1.29 is 9.21 Å². The summed E-state index contributed by atoms with van der Waals surface area (Å²) in [6, 6.07) is 8.45. The minimum Gasteiger partial charge on any atom is -0.441 e. The van der Waals surface area contributed by atoms with Gasteiger partial charge in [-0.05, 0) is 19.9 Å². The molecular formula is C18H25Cl2N3O2. The number of nitrogens with one attached hydrogen (secondary N) is 1. The van der Waals surface area contributed by atoms with E-state index in [1.165, 1.54) is 5.56 Å². The summed E-state index contributed by atoms with van der Waals surface area (Å²) in [6.45, 7) is 3.93. The maximum atomic E-state index is 12.2. The van der Waals surface area contributed by atoms with Gasteiger partial charge < -0.3 is 14.6 Å². The van der Waals surface area contributed by atoms with Gasteiger partial charge >= 0.3 is 0 Å². The second kappa shape index (κ2) is 9.80. The molecule has 1 unspecified atom stereocenters. The Hall–Kier alpha value is -1.56. The highest BCUT2D eigenvalue weighted by molar-refractivity contribution is 5.85. The summed E-state index contributed by atoms with van der Waals surface area (Å²) in [4.78, 5) is 18.4. The number of hydrogen-bond acceptors (Lipinski definition) is 4. The van der Waals surface area contributed by atoms with Crippen LogP contribution in [0.2, 0.25) is 0 Å². The van der Waals surface area contributed by atoms with Crippen LogP contribution in [0.25, 0.3) is 11.3 Å². The summed E-state index contributed by atoms with van der Waals surface area (Å²) in [5.41, 5.74) is 2.22. The van der Waals surface area contributed by atoms with Gasteiger partial charge in [-0.15, -0.1) is 24.8 Å². The highest BCUT2D eigenvalue weighted by Crippen LogP contribution is 2.21. The molecule has 138 valence electrons. The topological polar surface area (TPSA) is 58.4 Å². The fourth-order valence-electron chi connectivity index (χ4n) is 2.84. The average molecular weight is 386 g/mol. The van der Waals surface area contributed by atoms with Gasteiger partial charge in [0.15, 0.2) is 11.7 Å². The Morgan fingerprint density at radius 1 is 1.32 bits per heavy atom. The van der Waals surface area contributed by atoms with Crippen LogP contribution in [0, 0.1) is 6.92 Å². The molecule has 1 aliphatic rings. The Kier molecular flexibility index (Phi) is 8.42. The molecule has 25 heavy (non-hydrogen) atoms. The highest BCUT2D eigenvalue weighted by Gasteiger charge is 2.23. The maximum Gasteiger partial charge on any atom is 0.223 e. The lowest BCUT2D eigenvalue weighted by Crippen LogP contribution is -2.38. The van der Waals surface area contributed by atoms with E-state index in [-0.39, 0.29) is 30.7 Å². The minimum atomic E-state index is 0. The van der Waals surface area contributed by atoms with Crippen molar-refractivity contribution in [2.24, 2.45) is 0 Å². The van der Waals surface area contributed by atoms with Crippen LogP contribution in [0.1, 0.15) is 24.3 Å². The number of carbonyl (C=O) groups excluding carboxylic acids is 1. The first kappa shape index (κ1) is 21.5. The summed E-state index contributed by atoms with van der Waals surface area (Å²) in [6.07, 6.45) is 3.73. The molecular weight excluding hydrogens is 361 g/mol. The SMILES string of the molecule is Cc1ccc(-c2cnc(CCC(=O)N(C)C3CCNC3)o2)cc1.Cl.Cl. The van der Waals surface area contributed by atoms with Crippen molar-refractivity contribution in [2.75, 3.05) is 20.1 Å². The summed E-state index contributed by atoms with van der Waals surface area (Å²) in [7, 11) is 1.88. The summed E-state index contributed by atoms with van der Waals surface area (Å²) >= 11 is 0. The third-order valence-corrected chi connectivity index (χ3v) is 4.42. The van der Waals surface area contributed by atoms with Crippen molar-refractivity contribution in [3.8, 4) is 11.3 Å². The number of benzene rings is 1. The van der Waals surface area contributed by atoms with E-state index in [4.69, 9.17) is 4.42 Å². The van der Waals surface area contributed by atoms with E-state index in [0.717, 1.165) is 30.8 Å². The van der Waals surface area contributed by atoms with Crippen LogP contribution in [0.5, 0.6) is 0 Å². The van der Waals surface area contributed by atoms with Crippen LogP contribution < -0.4 is 5.32 Å². The number of nitrogens with zero attached hydrogens (tertiary/aromatic N) is 2. The number of oxazole rings is 1. The predicted molar refractivity (Wildman–Crippen MR) is 104 cm³/mol. The molecule has 1 aliphatic heterocycles. The summed E-state index contributed by atoms with van der Waals surface area (Å²) in [5, 5.41) is 3.28. The van der Waals surface area contributed by atoms with Gasteiger partial charge in [0.1, 0.15) is 0 Å². The van der Waals surface area contributed by atoms with Gasteiger partial charge in [-0.3, -0.25) is 4.79 Å². The maximum absolute atomic E-state index is 12.2. The largest absolute Gasteiger partial charge is 0.441 e. The second-order valence-corrected chi connectivity index (χ2v) is 6.14. The number of likely N-dealkylation sites (N-methyl/N-ethyl adjacent to an activating group) is 1. The number of amides is 1. The quantitative estimate of drug-likeness (QED) is 0.857. The summed E-state index contributed by atoms with van der Waals surface area (Å²) < 4.78 is 5.77. The molecule has 1 aromatic carbocycles. The third kappa shape index (κ3) is 5.46. The molecule has 1 N–H and O–H groups in total. The summed E-state index contributed by atoms with van der Waals surface area (Å²) in [5.74, 6) is 1.52. The molecule has 0 radical (unpaired) electrons. The molecule has 0 bridgehead atoms. The molecule has 1 fully saturated rings. The number of aryl methyl sites for hydroxylation is 2. The van der Waals surface area contributed by atoms with Gasteiger partial charge in [0.05, 0.1) is 6.20 Å². The Balaban J connectivity index is 0.00000156. The van der Waals surface area contributed by atoms with Crippen LogP contribution in [-0.2, 0) is 11.2 Å². The number of carbonyl (C=O) groups is 1. The molecule has 0 aliphatic carbocycles. The monoisotopic (exact) mass is 385 g/mol. The fourth-order valence-corrected chi connectivity index (χ4v) is 2.84. The van der Waals surface area contributed by atoms with Gasteiger partial charge in [0.25, 0.3) is 0 Å². The lowest BCUT2D eigenvalue weighted by molar-refractivity contribution is -0.131. The van der Waals surface area contributed by atoms with Crippen molar-refractivity contribution in [1.82, 2.24) is 15.2 Å².